The van der Waals surface area contributed by atoms with Crippen LogP contribution < -0.4 is 4.90 Å². The molecule has 3 aliphatic rings. The maximum atomic E-state index is 13.9. The van der Waals surface area contributed by atoms with Crippen LogP contribution in [0.5, 0.6) is 0 Å². The lowest BCUT2D eigenvalue weighted by atomic mass is 9.81. The molecule has 176 valence electrons. The highest BCUT2D eigenvalue weighted by molar-refractivity contribution is 7.15. The summed E-state index contributed by atoms with van der Waals surface area (Å²) in [5, 5.41) is 10.1. The van der Waals surface area contributed by atoms with E-state index in [9.17, 15) is 14.7 Å². The third-order valence-electron chi connectivity index (χ3n) is 7.72. The van der Waals surface area contributed by atoms with Gasteiger partial charge in [0.2, 0.25) is 5.91 Å². The van der Waals surface area contributed by atoms with Crippen LogP contribution in [-0.2, 0) is 9.53 Å². The van der Waals surface area contributed by atoms with E-state index in [-0.39, 0.29) is 24.0 Å². The number of rotatable bonds is 6. The molecule has 5 nitrogen and oxygen atoms in total. The minimum absolute atomic E-state index is 0.00485. The Balaban J connectivity index is 1.68. The van der Waals surface area contributed by atoms with E-state index in [4.69, 9.17) is 4.74 Å². The predicted molar refractivity (Wildman–Crippen MR) is 129 cm³/mol. The van der Waals surface area contributed by atoms with Crippen LogP contribution in [0.25, 0.3) is 5.57 Å². The lowest BCUT2D eigenvalue weighted by Gasteiger charge is -2.39. The third-order valence-corrected chi connectivity index (χ3v) is 8.91. The molecule has 4 rings (SSSR count). The van der Waals surface area contributed by atoms with Gasteiger partial charge in [-0.25, -0.2) is 4.79 Å². The van der Waals surface area contributed by atoms with Gasteiger partial charge in [-0.1, -0.05) is 13.0 Å². The maximum Gasteiger partial charge on any atom is 0.348 e. The number of anilines is 1. The zero-order chi connectivity index (χ0) is 22.7. The number of allylic oxidation sites excluding steroid dienone is 2. The Bertz CT molecular complexity index is 844. The average Bonchev–Trinajstić information content (AvgIpc) is 3.26. The maximum absolute atomic E-state index is 13.9. The molecule has 0 atom stereocenters. The molecule has 0 unspecified atom stereocenters. The minimum Gasteiger partial charge on any atom is -0.477 e. The first kappa shape index (κ1) is 23.5. The van der Waals surface area contributed by atoms with E-state index in [2.05, 4.69) is 13.0 Å². The molecule has 1 aromatic heterocycles. The Morgan fingerprint density at radius 1 is 1.06 bits per heavy atom. The van der Waals surface area contributed by atoms with E-state index in [1.807, 2.05) is 11.0 Å². The Kier molecular flexibility index (Phi) is 7.72. The largest absolute Gasteiger partial charge is 0.477 e. The first-order valence-corrected chi connectivity index (χ1v) is 13.2. The third kappa shape index (κ3) is 5.12. The summed E-state index contributed by atoms with van der Waals surface area (Å²) in [6, 6.07) is 2.06. The number of aromatic carboxylic acids is 1. The van der Waals surface area contributed by atoms with Crippen LogP contribution in [0.2, 0.25) is 0 Å². The van der Waals surface area contributed by atoms with E-state index >= 15 is 0 Å². The monoisotopic (exact) mass is 459 g/mol. The zero-order valence-corrected chi connectivity index (χ0v) is 20.3. The van der Waals surface area contributed by atoms with Crippen LogP contribution in [0.1, 0.15) is 98.5 Å². The molecule has 1 aromatic rings. The van der Waals surface area contributed by atoms with Gasteiger partial charge < -0.3 is 14.7 Å². The Morgan fingerprint density at radius 2 is 1.78 bits per heavy atom. The predicted octanol–water partition coefficient (Wildman–Crippen LogP) is 6.52. The highest BCUT2D eigenvalue weighted by Gasteiger charge is 2.37. The number of carboxylic acid groups (broad SMARTS) is 1. The number of ether oxygens (including phenoxy) is 1. The van der Waals surface area contributed by atoms with E-state index in [0.717, 1.165) is 75.5 Å². The summed E-state index contributed by atoms with van der Waals surface area (Å²) < 4.78 is 5.56. The Labute approximate surface area is 195 Å². The van der Waals surface area contributed by atoms with Crippen LogP contribution in [0, 0.1) is 11.8 Å². The molecule has 0 aliphatic heterocycles. The second kappa shape index (κ2) is 10.5. The molecule has 1 heterocycles. The van der Waals surface area contributed by atoms with Crippen molar-refractivity contribution in [1.82, 2.24) is 0 Å². The van der Waals surface area contributed by atoms with E-state index in [0.29, 0.717) is 16.5 Å². The van der Waals surface area contributed by atoms with Crippen molar-refractivity contribution in [3.63, 3.8) is 0 Å². The number of hydrogen-bond donors (Lipinski definition) is 1. The quantitative estimate of drug-likeness (QED) is 0.526. The number of carboxylic acids is 1. The van der Waals surface area contributed by atoms with Crippen LogP contribution >= 0.6 is 11.3 Å². The summed E-state index contributed by atoms with van der Waals surface area (Å²) in [7, 11) is 1.75. The normalized spacial score (nSPS) is 28.8. The lowest BCUT2D eigenvalue weighted by molar-refractivity contribution is -0.124. The van der Waals surface area contributed by atoms with Gasteiger partial charge in [0.1, 0.15) is 4.88 Å². The average molecular weight is 460 g/mol. The van der Waals surface area contributed by atoms with Crippen LogP contribution in [0.3, 0.4) is 0 Å². The molecule has 6 heteroatoms. The van der Waals surface area contributed by atoms with Gasteiger partial charge in [0.25, 0.3) is 0 Å². The molecular weight excluding hydrogens is 422 g/mol. The molecule has 2 fully saturated rings. The second-order valence-corrected chi connectivity index (χ2v) is 11.0. The van der Waals surface area contributed by atoms with Gasteiger partial charge in [0, 0.05) is 23.9 Å². The molecular formula is C26H37NO4S. The number of hydrogen-bond acceptors (Lipinski definition) is 4. The van der Waals surface area contributed by atoms with Crippen LogP contribution in [-0.4, -0.2) is 36.2 Å². The standard InChI is InChI=1S/C26H37NO4S/c1-17-8-10-19(11-9-17)25(28)27(20-12-14-21(31-2)15-13-20)22-16-23(32-24(22)26(29)30)18-6-4-3-5-7-18/h6,16-17,19-21H,3-5,7-15H2,1-2H3,(H,29,30)/t17-,19+,20?,21?. The van der Waals surface area contributed by atoms with E-state index < -0.39 is 5.97 Å². The highest BCUT2D eigenvalue weighted by Crippen LogP contribution is 2.42. The SMILES string of the molecule is COC1CCC(N(c2cc(C3=CCCCC3)sc2C(=O)O)C(=O)[C@H]2CC[C@@H](C)CC2)CC1. The van der Waals surface area contributed by atoms with Gasteiger partial charge in [-0.05, 0) is 94.6 Å². The van der Waals surface area contributed by atoms with E-state index in [1.165, 1.54) is 23.3 Å². The van der Waals surface area contributed by atoms with Crippen LogP contribution in [0.15, 0.2) is 12.1 Å². The molecule has 0 radical (unpaired) electrons. The molecule has 3 aliphatic carbocycles. The molecule has 2 saturated carbocycles. The fourth-order valence-electron chi connectivity index (χ4n) is 5.67. The first-order chi connectivity index (χ1) is 15.5. The Morgan fingerprint density at radius 3 is 2.38 bits per heavy atom. The van der Waals surface area contributed by atoms with Crippen molar-refractivity contribution in [2.75, 3.05) is 12.0 Å². The Hall–Kier alpha value is -1.66. The van der Waals surface area contributed by atoms with Crippen molar-refractivity contribution >= 4 is 34.5 Å². The zero-order valence-electron chi connectivity index (χ0n) is 19.5. The van der Waals surface area contributed by atoms with Crippen LogP contribution in [0.4, 0.5) is 5.69 Å². The van der Waals surface area contributed by atoms with E-state index in [1.54, 1.807) is 7.11 Å². The summed E-state index contributed by atoms with van der Waals surface area (Å²) in [6.07, 6.45) is 14.4. The number of amides is 1. The summed E-state index contributed by atoms with van der Waals surface area (Å²) >= 11 is 1.35. The molecule has 1 N–H and O–H groups in total. The molecule has 0 spiro atoms. The van der Waals surface area contributed by atoms with Gasteiger partial charge in [-0.3, -0.25) is 4.79 Å². The van der Waals surface area contributed by atoms with Crippen molar-refractivity contribution in [2.24, 2.45) is 11.8 Å². The summed E-state index contributed by atoms with van der Waals surface area (Å²) in [4.78, 5) is 29.4. The summed E-state index contributed by atoms with van der Waals surface area (Å²) in [5.41, 5.74) is 1.88. The van der Waals surface area contributed by atoms with Gasteiger partial charge in [-0.2, -0.15) is 0 Å². The number of methoxy groups -OCH3 is 1. The molecule has 1 amide bonds. The second-order valence-electron chi connectivity index (χ2n) is 9.94. The number of carbonyl (C=O) groups is 2. The highest BCUT2D eigenvalue weighted by atomic mass is 32.1. The van der Waals surface area contributed by atoms with Gasteiger partial charge in [0.05, 0.1) is 11.8 Å². The van der Waals surface area contributed by atoms with Crippen molar-refractivity contribution in [2.45, 2.75) is 96.1 Å². The molecule has 0 saturated heterocycles. The van der Waals surface area contributed by atoms with Gasteiger partial charge >= 0.3 is 5.97 Å². The number of carbonyl (C=O) groups excluding carboxylic acids is 1. The molecule has 0 bridgehead atoms. The smallest absolute Gasteiger partial charge is 0.348 e. The van der Waals surface area contributed by atoms with Crippen molar-refractivity contribution in [3.8, 4) is 0 Å². The summed E-state index contributed by atoms with van der Waals surface area (Å²) in [6.45, 7) is 2.26. The fraction of sp³-hybridized carbons (Fsp3) is 0.692. The van der Waals surface area contributed by atoms with Crippen molar-refractivity contribution in [3.05, 3.63) is 21.9 Å². The number of thiophene rings is 1. The minimum atomic E-state index is -0.923. The molecule has 32 heavy (non-hydrogen) atoms. The number of nitrogens with zero attached hydrogens (tertiary/aromatic N) is 1. The topological polar surface area (TPSA) is 66.8 Å². The molecule has 0 aromatic carbocycles. The van der Waals surface area contributed by atoms with Crippen molar-refractivity contribution in [1.29, 1.82) is 0 Å². The summed E-state index contributed by atoms with van der Waals surface area (Å²) in [5.74, 6) is -0.106. The van der Waals surface area contributed by atoms with Gasteiger partial charge in [-0.15, -0.1) is 11.3 Å². The first-order valence-electron chi connectivity index (χ1n) is 12.4. The fourth-order valence-corrected chi connectivity index (χ4v) is 6.73. The van der Waals surface area contributed by atoms with Gasteiger partial charge in [0.15, 0.2) is 0 Å². The lowest BCUT2D eigenvalue weighted by Crippen LogP contribution is -2.47. The van der Waals surface area contributed by atoms with Crippen molar-refractivity contribution < 1.29 is 19.4 Å².